The number of benzene rings is 2. The number of hydrogen-bond acceptors (Lipinski definition) is 3. The Hall–Kier alpha value is -2.53. The molecule has 0 aliphatic carbocycles. The zero-order valence-electron chi connectivity index (χ0n) is 16.6. The van der Waals surface area contributed by atoms with Crippen molar-refractivity contribution in [3.8, 4) is 5.75 Å². The lowest BCUT2D eigenvalue weighted by atomic mass is 10.1. The van der Waals surface area contributed by atoms with Crippen LogP contribution in [-0.2, 0) is 16.1 Å². The minimum Gasteiger partial charge on any atom is -0.484 e. The molecule has 0 radical (unpaired) electrons. The number of nitrogens with one attached hydrogen (secondary N) is 1. The first-order valence-electron chi connectivity index (χ1n) is 9.45. The highest BCUT2D eigenvalue weighted by atomic mass is 35.5. The van der Waals surface area contributed by atoms with Crippen molar-refractivity contribution in [2.24, 2.45) is 0 Å². The molecular formula is C22H27ClN2O3. The summed E-state index contributed by atoms with van der Waals surface area (Å²) in [6, 6.07) is 14.2. The molecule has 1 N–H and O–H groups in total. The zero-order valence-corrected chi connectivity index (χ0v) is 17.3. The number of ether oxygens (including phenoxy) is 1. The molecule has 0 unspecified atom stereocenters. The summed E-state index contributed by atoms with van der Waals surface area (Å²) < 4.78 is 5.61. The van der Waals surface area contributed by atoms with E-state index in [1.165, 1.54) is 0 Å². The minimum atomic E-state index is -0.553. The highest BCUT2D eigenvalue weighted by Gasteiger charge is 2.28. The number of nitrogens with zero attached hydrogens (tertiary/aromatic N) is 1. The summed E-state index contributed by atoms with van der Waals surface area (Å²) in [7, 11) is 0. The molecular weight excluding hydrogens is 376 g/mol. The molecule has 0 bridgehead atoms. The Balaban J connectivity index is 2.16. The summed E-state index contributed by atoms with van der Waals surface area (Å²) in [4.78, 5) is 27.1. The second-order valence-electron chi connectivity index (χ2n) is 6.57. The molecule has 2 aromatic rings. The lowest BCUT2D eigenvalue weighted by Crippen LogP contribution is -2.50. The molecule has 0 aliphatic heterocycles. The van der Waals surface area contributed by atoms with Gasteiger partial charge in [-0.15, -0.1) is 0 Å². The first kappa shape index (κ1) is 21.8. The van der Waals surface area contributed by atoms with Crippen molar-refractivity contribution in [1.29, 1.82) is 0 Å². The fraction of sp³-hybridized carbons (Fsp3) is 0.364. The van der Waals surface area contributed by atoms with Crippen LogP contribution in [0.5, 0.6) is 5.75 Å². The molecule has 2 aromatic carbocycles. The number of carbonyl (C=O) groups is 2. The van der Waals surface area contributed by atoms with Crippen LogP contribution >= 0.6 is 11.6 Å². The summed E-state index contributed by atoms with van der Waals surface area (Å²) in [6.07, 6.45) is 0.518. The van der Waals surface area contributed by atoms with E-state index in [1.807, 2.05) is 45.0 Å². The monoisotopic (exact) mass is 402 g/mol. The largest absolute Gasteiger partial charge is 0.484 e. The first-order chi connectivity index (χ1) is 13.4. The van der Waals surface area contributed by atoms with Gasteiger partial charge < -0.3 is 15.0 Å². The predicted octanol–water partition coefficient (Wildman–Crippen LogP) is 3.97. The van der Waals surface area contributed by atoms with E-state index in [1.54, 1.807) is 29.2 Å². The van der Waals surface area contributed by atoms with Crippen LogP contribution in [0.15, 0.2) is 48.5 Å². The zero-order chi connectivity index (χ0) is 20.5. The fourth-order valence-corrected chi connectivity index (χ4v) is 2.99. The summed E-state index contributed by atoms with van der Waals surface area (Å²) in [5.74, 6) is 0.157. The van der Waals surface area contributed by atoms with Crippen molar-refractivity contribution in [3.05, 3.63) is 64.7 Å². The maximum absolute atomic E-state index is 13.0. The van der Waals surface area contributed by atoms with Gasteiger partial charge in [-0.1, -0.05) is 48.4 Å². The van der Waals surface area contributed by atoms with Crippen LogP contribution in [0, 0.1) is 6.92 Å². The summed E-state index contributed by atoms with van der Waals surface area (Å²) in [5.41, 5.74) is 2.11. The van der Waals surface area contributed by atoms with E-state index >= 15 is 0 Å². The molecule has 0 fully saturated rings. The average Bonchev–Trinajstić information content (AvgIpc) is 2.69. The number of amides is 2. The standard InChI is InChI=1S/C22H27ClN2O3/c1-4-20(22(27)24-5-2)25(14-17-8-6-16(3)7-9-17)21(26)15-28-19-12-10-18(23)11-13-19/h6-13,20H,4-5,14-15H2,1-3H3,(H,24,27)/t20-/m1/s1. The normalized spacial score (nSPS) is 11.6. The highest BCUT2D eigenvalue weighted by Crippen LogP contribution is 2.17. The molecule has 0 saturated heterocycles. The Kier molecular flexibility index (Phi) is 8.33. The lowest BCUT2D eigenvalue weighted by Gasteiger charge is -2.30. The Morgan fingerprint density at radius 3 is 2.29 bits per heavy atom. The third-order valence-corrected chi connectivity index (χ3v) is 4.64. The summed E-state index contributed by atoms with van der Waals surface area (Å²) in [5, 5.41) is 3.42. The summed E-state index contributed by atoms with van der Waals surface area (Å²) in [6.45, 7) is 6.48. The van der Waals surface area contributed by atoms with E-state index in [-0.39, 0.29) is 18.4 Å². The molecule has 0 aromatic heterocycles. The number of carbonyl (C=O) groups excluding carboxylic acids is 2. The number of aryl methyl sites for hydroxylation is 1. The Bertz CT molecular complexity index is 775. The molecule has 150 valence electrons. The van der Waals surface area contributed by atoms with Crippen LogP contribution in [-0.4, -0.2) is 35.9 Å². The van der Waals surface area contributed by atoms with E-state index < -0.39 is 6.04 Å². The van der Waals surface area contributed by atoms with Gasteiger partial charge in [-0.3, -0.25) is 9.59 Å². The van der Waals surface area contributed by atoms with Gasteiger partial charge in [0.1, 0.15) is 11.8 Å². The Morgan fingerprint density at radius 2 is 1.71 bits per heavy atom. The van der Waals surface area contributed by atoms with Crippen LogP contribution in [0.4, 0.5) is 0 Å². The molecule has 0 spiro atoms. The SMILES string of the molecule is CCNC(=O)[C@@H](CC)N(Cc1ccc(C)cc1)C(=O)COc1ccc(Cl)cc1. The van der Waals surface area contributed by atoms with Gasteiger partial charge in [0.05, 0.1) is 0 Å². The van der Waals surface area contributed by atoms with Crippen molar-refractivity contribution in [2.45, 2.75) is 39.8 Å². The van der Waals surface area contributed by atoms with E-state index in [0.717, 1.165) is 11.1 Å². The molecule has 5 nitrogen and oxygen atoms in total. The third kappa shape index (κ3) is 6.27. The Labute approximate surface area is 171 Å². The predicted molar refractivity (Wildman–Crippen MR) is 111 cm³/mol. The van der Waals surface area contributed by atoms with E-state index in [0.29, 0.717) is 30.3 Å². The second-order valence-corrected chi connectivity index (χ2v) is 7.00. The van der Waals surface area contributed by atoms with Gasteiger partial charge in [-0.2, -0.15) is 0 Å². The number of rotatable bonds is 9. The van der Waals surface area contributed by atoms with Crippen molar-refractivity contribution in [1.82, 2.24) is 10.2 Å². The fourth-order valence-electron chi connectivity index (χ4n) is 2.86. The van der Waals surface area contributed by atoms with Gasteiger partial charge in [-0.05, 0) is 50.1 Å². The molecule has 0 heterocycles. The van der Waals surface area contributed by atoms with E-state index in [4.69, 9.17) is 16.3 Å². The maximum Gasteiger partial charge on any atom is 0.261 e. The van der Waals surface area contributed by atoms with Crippen LogP contribution < -0.4 is 10.1 Å². The topological polar surface area (TPSA) is 58.6 Å². The van der Waals surface area contributed by atoms with Gasteiger partial charge in [0.2, 0.25) is 5.91 Å². The lowest BCUT2D eigenvalue weighted by molar-refractivity contribution is -0.142. The molecule has 28 heavy (non-hydrogen) atoms. The van der Waals surface area contributed by atoms with Crippen LogP contribution in [0.2, 0.25) is 5.02 Å². The van der Waals surface area contributed by atoms with Crippen LogP contribution in [0.3, 0.4) is 0 Å². The summed E-state index contributed by atoms with van der Waals surface area (Å²) >= 11 is 5.88. The number of hydrogen-bond donors (Lipinski definition) is 1. The maximum atomic E-state index is 13.0. The second kappa shape index (κ2) is 10.7. The van der Waals surface area contributed by atoms with E-state index in [9.17, 15) is 9.59 Å². The van der Waals surface area contributed by atoms with Gasteiger partial charge in [0, 0.05) is 18.1 Å². The Morgan fingerprint density at radius 1 is 1.07 bits per heavy atom. The molecule has 2 rings (SSSR count). The van der Waals surface area contributed by atoms with Crippen LogP contribution in [0.25, 0.3) is 0 Å². The van der Waals surface area contributed by atoms with Gasteiger partial charge in [-0.25, -0.2) is 0 Å². The molecule has 0 aliphatic rings. The van der Waals surface area contributed by atoms with Crippen molar-refractivity contribution < 1.29 is 14.3 Å². The molecule has 1 atom stereocenters. The quantitative estimate of drug-likeness (QED) is 0.690. The number of likely N-dealkylation sites (N-methyl/N-ethyl adjacent to an activating group) is 1. The third-order valence-electron chi connectivity index (χ3n) is 4.39. The van der Waals surface area contributed by atoms with Gasteiger partial charge in [0.25, 0.3) is 5.91 Å². The smallest absolute Gasteiger partial charge is 0.261 e. The average molecular weight is 403 g/mol. The molecule has 0 saturated carbocycles. The molecule has 6 heteroatoms. The van der Waals surface area contributed by atoms with Crippen molar-refractivity contribution in [2.75, 3.05) is 13.2 Å². The van der Waals surface area contributed by atoms with Crippen molar-refractivity contribution >= 4 is 23.4 Å². The van der Waals surface area contributed by atoms with Gasteiger partial charge in [0.15, 0.2) is 6.61 Å². The van der Waals surface area contributed by atoms with E-state index in [2.05, 4.69) is 5.32 Å². The first-order valence-corrected chi connectivity index (χ1v) is 9.83. The minimum absolute atomic E-state index is 0.149. The molecule has 2 amide bonds. The van der Waals surface area contributed by atoms with Gasteiger partial charge >= 0.3 is 0 Å². The van der Waals surface area contributed by atoms with Crippen molar-refractivity contribution in [3.63, 3.8) is 0 Å². The highest BCUT2D eigenvalue weighted by molar-refractivity contribution is 6.30. The number of halogens is 1. The van der Waals surface area contributed by atoms with Crippen LogP contribution in [0.1, 0.15) is 31.4 Å².